The van der Waals surface area contributed by atoms with Gasteiger partial charge in [-0.1, -0.05) is 0 Å². The van der Waals surface area contributed by atoms with E-state index in [1.54, 1.807) is 6.92 Å². The number of amides is 1. The average Bonchev–Trinajstić information content (AvgIpc) is 2.38. The van der Waals surface area contributed by atoms with Crippen molar-refractivity contribution in [3.63, 3.8) is 0 Å². The Kier molecular flexibility index (Phi) is 4.99. The molecule has 1 aromatic rings. The van der Waals surface area contributed by atoms with Gasteiger partial charge < -0.3 is 10.1 Å². The van der Waals surface area contributed by atoms with E-state index in [0.717, 1.165) is 0 Å². The zero-order valence-corrected chi connectivity index (χ0v) is 10.6. The highest BCUT2D eigenvalue weighted by Gasteiger charge is 2.18. The van der Waals surface area contributed by atoms with Crippen LogP contribution in [0.3, 0.4) is 0 Å². The summed E-state index contributed by atoms with van der Waals surface area (Å²) < 4.78 is 4.93. The number of carbonyl (C=O) groups is 2. The van der Waals surface area contributed by atoms with Crippen LogP contribution in [0, 0.1) is 10.1 Å². The van der Waals surface area contributed by atoms with Crippen LogP contribution in [0.1, 0.15) is 24.2 Å². The van der Waals surface area contributed by atoms with Gasteiger partial charge in [0, 0.05) is 18.7 Å². The lowest BCUT2D eigenvalue weighted by Gasteiger charge is -2.12. The molecule has 1 amide bonds. The molecule has 19 heavy (non-hydrogen) atoms. The van der Waals surface area contributed by atoms with Crippen molar-refractivity contribution < 1.29 is 19.2 Å². The number of nitrogens with one attached hydrogen (secondary N) is 1. The molecular weight excluding hydrogens is 252 g/mol. The highest BCUT2D eigenvalue weighted by atomic mass is 16.6. The summed E-state index contributed by atoms with van der Waals surface area (Å²) in [5.41, 5.74) is 0.0371. The molecule has 1 atom stereocenters. The predicted molar refractivity (Wildman–Crippen MR) is 66.7 cm³/mol. The highest BCUT2D eigenvalue weighted by molar-refractivity contribution is 5.92. The van der Waals surface area contributed by atoms with Crippen LogP contribution in [0.4, 0.5) is 5.69 Å². The summed E-state index contributed by atoms with van der Waals surface area (Å²) in [6.07, 6.45) is -0.914. The summed E-state index contributed by atoms with van der Waals surface area (Å²) >= 11 is 0. The molecule has 7 heteroatoms. The van der Waals surface area contributed by atoms with Crippen LogP contribution in [0.15, 0.2) is 24.3 Å². The third kappa shape index (κ3) is 4.06. The van der Waals surface area contributed by atoms with Crippen LogP contribution < -0.4 is 5.32 Å². The molecule has 0 fully saturated rings. The SMILES string of the molecule is CCNC(=O)[C@@H](C)OC(=O)c1ccc([N+](=O)[O-])cc1. The molecule has 1 rings (SSSR count). The molecular formula is C12H14N2O5. The van der Waals surface area contributed by atoms with Crippen molar-refractivity contribution in [1.82, 2.24) is 5.32 Å². The molecule has 0 radical (unpaired) electrons. The molecule has 0 aliphatic heterocycles. The zero-order valence-electron chi connectivity index (χ0n) is 10.6. The first kappa shape index (κ1) is 14.6. The Bertz CT molecular complexity index is 483. The van der Waals surface area contributed by atoms with Gasteiger partial charge in [0.15, 0.2) is 6.10 Å². The maximum absolute atomic E-state index is 11.7. The van der Waals surface area contributed by atoms with E-state index in [0.29, 0.717) is 6.54 Å². The number of nitro groups is 1. The predicted octanol–water partition coefficient (Wildman–Crippen LogP) is 1.28. The molecule has 0 unspecified atom stereocenters. The van der Waals surface area contributed by atoms with Crippen molar-refractivity contribution in [1.29, 1.82) is 0 Å². The summed E-state index contributed by atoms with van der Waals surface area (Å²) in [6.45, 7) is 3.65. The maximum atomic E-state index is 11.7. The summed E-state index contributed by atoms with van der Waals surface area (Å²) in [5, 5.41) is 13.0. The fourth-order valence-corrected chi connectivity index (χ4v) is 1.32. The fraction of sp³-hybridized carbons (Fsp3) is 0.333. The second-order valence-electron chi connectivity index (χ2n) is 3.75. The van der Waals surface area contributed by atoms with E-state index in [2.05, 4.69) is 5.32 Å². The monoisotopic (exact) mass is 266 g/mol. The number of nitrogens with zero attached hydrogens (tertiary/aromatic N) is 1. The van der Waals surface area contributed by atoms with Gasteiger partial charge in [0.05, 0.1) is 10.5 Å². The van der Waals surface area contributed by atoms with Crippen LogP contribution in [0.25, 0.3) is 0 Å². The zero-order chi connectivity index (χ0) is 14.4. The molecule has 0 aliphatic carbocycles. The van der Waals surface area contributed by atoms with E-state index < -0.39 is 22.9 Å². The minimum atomic E-state index is -0.914. The summed E-state index contributed by atoms with van der Waals surface area (Å²) in [4.78, 5) is 32.9. The molecule has 0 aliphatic rings. The molecule has 102 valence electrons. The van der Waals surface area contributed by atoms with Gasteiger partial charge in [0.25, 0.3) is 11.6 Å². The van der Waals surface area contributed by atoms with Gasteiger partial charge in [-0.2, -0.15) is 0 Å². The Morgan fingerprint density at radius 3 is 2.42 bits per heavy atom. The molecule has 0 saturated heterocycles. The van der Waals surface area contributed by atoms with Crippen molar-refractivity contribution in [3.05, 3.63) is 39.9 Å². The number of ether oxygens (including phenoxy) is 1. The third-order valence-electron chi connectivity index (χ3n) is 2.32. The number of likely N-dealkylation sites (N-methyl/N-ethyl adjacent to an activating group) is 1. The topological polar surface area (TPSA) is 98.5 Å². The van der Waals surface area contributed by atoms with Crippen LogP contribution in [0.2, 0.25) is 0 Å². The van der Waals surface area contributed by atoms with Crippen molar-refractivity contribution in [3.8, 4) is 0 Å². The normalized spacial score (nSPS) is 11.5. The number of nitro benzene ring substituents is 1. The Labute approximate surface area is 109 Å². The first-order valence-corrected chi connectivity index (χ1v) is 5.68. The number of non-ortho nitro benzene ring substituents is 1. The number of rotatable bonds is 5. The lowest BCUT2D eigenvalue weighted by atomic mass is 10.2. The first-order chi connectivity index (χ1) is 8.95. The highest BCUT2D eigenvalue weighted by Crippen LogP contribution is 2.13. The van der Waals surface area contributed by atoms with Gasteiger partial charge in [-0.05, 0) is 26.0 Å². The summed E-state index contributed by atoms with van der Waals surface area (Å²) in [7, 11) is 0. The van der Waals surface area contributed by atoms with Gasteiger partial charge in [-0.15, -0.1) is 0 Å². The smallest absolute Gasteiger partial charge is 0.338 e. The van der Waals surface area contributed by atoms with Crippen molar-refractivity contribution in [2.24, 2.45) is 0 Å². The van der Waals surface area contributed by atoms with Crippen molar-refractivity contribution in [2.75, 3.05) is 6.54 Å². The Balaban J connectivity index is 2.68. The van der Waals surface area contributed by atoms with Crippen LogP contribution in [-0.2, 0) is 9.53 Å². The summed E-state index contributed by atoms with van der Waals surface area (Å²) in [5.74, 6) is -1.09. The molecule has 1 N–H and O–H groups in total. The van der Waals surface area contributed by atoms with Crippen LogP contribution in [0.5, 0.6) is 0 Å². The van der Waals surface area contributed by atoms with Crippen LogP contribution in [-0.4, -0.2) is 29.4 Å². The number of carbonyl (C=O) groups excluding carboxylic acids is 2. The fourth-order valence-electron chi connectivity index (χ4n) is 1.32. The largest absolute Gasteiger partial charge is 0.449 e. The molecule has 0 spiro atoms. The third-order valence-corrected chi connectivity index (χ3v) is 2.32. The Hall–Kier alpha value is -2.44. The maximum Gasteiger partial charge on any atom is 0.338 e. The lowest BCUT2D eigenvalue weighted by molar-refractivity contribution is -0.384. The number of hydrogen-bond acceptors (Lipinski definition) is 5. The van der Waals surface area contributed by atoms with Gasteiger partial charge >= 0.3 is 5.97 Å². The number of esters is 1. The van der Waals surface area contributed by atoms with Crippen molar-refractivity contribution in [2.45, 2.75) is 20.0 Å². The number of hydrogen-bond donors (Lipinski definition) is 1. The number of benzene rings is 1. The molecule has 7 nitrogen and oxygen atoms in total. The molecule has 0 heterocycles. The van der Waals surface area contributed by atoms with E-state index >= 15 is 0 Å². The van der Waals surface area contributed by atoms with Crippen LogP contribution >= 0.6 is 0 Å². The minimum absolute atomic E-state index is 0.117. The summed E-state index contributed by atoms with van der Waals surface area (Å²) in [6, 6.07) is 4.97. The Morgan fingerprint density at radius 2 is 1.95 bits per heavy atom. The van der Waals surface area contributed by atoms with E-state index in [1.165, 1.54) is 31.2 Å². The second-order valence-corrected chi connectivity index (χ2v) is 3.75. The quantitative estimate of drug-likeness (QED) is 0.491. The first-order valence-electron chi connectivity index (χ1n) is 5.68. The van der Waals surface area contributed by atoms with E-state index in [-0.39, 0.29) is 11.3 Å². The molecule has 0 saturated carbocycles. The Morgan fingerprint density at radius 1 is 1.37 bits per heavy atom. The lowest BCUT2D eigenvalue weighted by Crippen LogP contribution is -2.35. The average molecular weight is 266 g/mol. The van der Waals surface area contributed by atoms with E-state index in [1.807, 2.05) is 0 Å². The van der Waals surface area contributed by atoms with Gasteiger partial charge in [-0.25, -0.2) is 4.79 Å². The minimum Gasteiger partial charge on any atom is -0.449 e. The van der Waals surface area contributed by atoms with Gasteiger partial charge in [0.2, 0.25) is 0 Å². The van der Waals surface area contributed by atoms with E-state index in [4.69, 9.17) is 4.74 Å². The van der Waals surface area contributed by atoms with Gasteiger partial charge in [-0.3, -0.25) is 14.9 Å². The van der Waals surface area contributed by atoms with Crippen molar-refractivity contribution >= 4 is 17.6 Å². The standard InChI is InChI=1S/C12H14N2O5/c1-3-13-11(15)8(2)19-12(16)9-4-6-10(7-5-9)14(17)18/h4-8H,3H2,1-2H3,(H,13,15)/t8-/m1/s1. The molecule has 0 aromatic heterocycles. The molecule has 0 bridgehead atoms. The molecule has 1 aromatic carbocycles. The second kappa shape index (κ2) is 6.48. The van der Waals surface area contributed by atoms with Gasteiger partial charge in [0.1, 0.15) is 0 Å². The van der Waals surface area contributed by atoms with E-state index in [9.17, 15) is 19.7 Å².